The van der Waals surface area contributed by atoms with Crippen molar-refractivity contribution in [3.05, 3.63) is 53.4 Å². The van der Waals surface area contributed by atoms with Crippen molar-refractivity contribution in [2.24, 2.45) is 5.92 Å². The number of hydrogen-bond donors (Lipinski definition) is 2. The number of imide groups is 1. The van der Waals surface area contributed by atoms with Crippen LogP contribution in [0.3, 0.4) is 0 Å². The lowest BCUT2D eigenvalue weighted by atomic mass is 9.93. The third-order valence-corrected chi connectivity index (χ3v) is 8.93. The van der Waals surface area contributed by atoms with Crippen LogP contribution < -0.4 is 14.5 Å². The normalized spacial score (nSPS) is 20.2. The molecule has 3 aromatic rings. The standard InChI is InChI=1S/C27H29N3O8S/c1-15-20-22(31)29-26(34)30(27(2,3)25(32)33,24(20)39-21(15)23-28-9-10-37-23)11-19(38-14-16-12-36-13-16)17-7-5-6-8-18(17)35-4/h5-10,16,19H,11-14H2,1-4H3,(H-,29,31,32,33,34)/p+1/t19?,30-/m0/s1. The molecule has 206 valence electrons. The van der Waals surface area contributed by atoms with Crippen molar-refractivity contribution in [2.75, 3.05) is 33.5 Å². The van der Waals surface area contributed by atoms with Gasteiger partial charge in [-0.25, -0.2) is 19.9 Å². The first-order valence-corrected chi connectivity index (χ1v) is 13.3. The van der Waals surface area contributed by atoms with Gasteiger partial charge in [-0.15, -0.1) is 0 Å². The minimum absolute atomic E-state index is 0.121. The van der Waals surface area contributed by atoms with Gasteiger partial charge in [0.05, 0.1) is 38.0 Å². The highest BCUT2D eigenvalue weighted by atomic mass is 32.1. The van der Waals surface area contributed by atoms with Gasteiger partial charge in [0, 0.05) is 25.3 Å². The average molecular weight is 557 g/mol. The van der Waals surface area contributed by atoms with Crippen molar-refractivity contribution in [1.82, 2.24) is 14.8 Å². The highest BCUT2D eigenvalue weighted by molar-refractivity contribution is 7.20. The van der Waals surface area contributed by atoms with E-state index in [4.69, 9.17) is 18.6 Å². The number of quaternary nitrogens is 1. The molecule has 2 N–H and O–H groups in total. The molecule has 1 saturated heterocycles. The van der Waals surface area contributed by atoms with Crippen LogP contribution in [-0.2, 0) is 14.3 Å². The predicted octanol–water partition coefficient (Wildman–Crippen LogP) is 4.16. The lowest BCUT2D eigenvalue weighted by Crippen LogP contribution is -2.75. The Bertz CT molecular complexity index is 1410. The highest BCUT2D eigenvalue weighted by Gasteiger charge is 2.63. The molecular formula is C27H30N3O8S+. The third kappa shape index (κ3) is 4.33. The van der Waals surface area contributed by atoms with Crippen LogP contribution in [0.15, 0.2) is 41.1 Å². The summed E-state index contributed by atoms with van der Waals surface area (Å²) in [5, 5.41) is 13.2. The summed E-state index contributed by atoms with van der Waals surface area (Å²) >= 11 is 1.13. The second-order valence-electron chi connectivity index (χ2n) is 10.2. The van der Waals surface area contributed by atoms with E-state index in [9.17, 15) is 19.5 Å². The fraction of sp³-hybridized carbons (Fsp3) is 0.407. The number of benzene rings is 1. The molecule has 3 amide bonds. The number of nitrogens with one attached hydrogen (secondary N) is 1. The van der Waals surface area contributed by atoms with Crippen LogP contribution in [0, 0.1) is 12.8 Å². The molecule has 5 rings (SSSR count). The number of fused-ring (bicyclic) bond motifs is 1. The number of rotatable bonds is 10. The lowest BCUT2D eigenvalue weighted by molar-refractivity contribution is -0.148. The Balaban J connectivity index is 1.72. The Morgan fingerprint density at radius 1 is 1.31 bits per heavy atom. The number of oxazole rings is 1. The first kappa shape index (κ1) is 27.0. The summed E-state index contributed by atoms with van der Waals surface area (Å²) in [7, 11) is 1.54. The molecule has 1 unspecified atom stereocenters. The van der Waals surface area contributed by atoms with Crippen molar-refractivity contribution in [1.29, 1.82) is 0 Å². The van der Waals surface area contributed by atoms with Crippen LogP contribution in [0.5, 0.6) is 5.75 Å². The summed E-state index contributed by atoms with van der Waals surface area (Å²) in [4.78, 5) is 44.8. The monoisotopic (exact) mass is 556 g/mol. The van der Waals surface area contributed by atoms with Crippen LogP contribution >= 0.6 is 11.3 Å². The maximum Gasteiger partial charge on any atom is 0.430 e. The molecule has 11 nitrogen and oxygen atoms in total. The zero-order valence-corrected chi connectivity index (χ0v) is 22.9. The predicted molar refractivity (Wildman–Crippen MR) is 142 cm³/mol. The average Bonchev–Trinajstić information content (AvgIpc) is 3.52. The van der Waals surface area contributed by atoms with Gasteiger partial charge in [0.25, 0.3) is 5.91 Å². The zero-order chi connectivity index (χ0) is 27.9. The number of methoxy groups -OCH3 is 1. The molecule has 0 bridgehead atoms. The van der Waals surface area contributed by atoms with Gasteiger partial charge >= 0.3 is 12.0 Å². The maximum absolute atomic E-state index is 14.0. The summed E-state index contributed by atoms with van der Waals surface area (Å²) in [5.41, 5.74) is -0.277. The molecular weight excluding hydrogens is 526 g/mol. The van der Waals surface area contributed by atoms with E-state index in [1.807, 2.05) is 18.2 Å². The molecule has 2 aliphatic heterocycles. The summed E-state index contributed by atoms with van der Waals surface area (Å²) in [6.45, 7) is 6.03. The minimum atomic E-state index is -1.71. The summed E-state index contributed by atoms with van der Waals surface area (Å²) < 4.78 is 22.1. The van der Waals surface area contributed by atoms with E-state index in [1.54, 1.807) is 13.0 Å². The quantitative estimate of drug-likeness (QED) is 0.353. The smallest absolute Gasteiger partial charge is 0.430 e. The second-order valence-corrected chi connectivity index (χ2v) is 11.2. The van der Waals surface area contributed by atoms with Crippen LogP contribution in [0.25, 0.3) is 10.8 Å². The number of para-hydroxylation sites is 1. The molecule has 0 radical (unpaired) electrons. The number of ether oxygens (including phenoxy) is 3. The number of nitrogens with zero attached hydrogens (tertiary/aromatic N) is 2. The molecule has 12 heteroatoms. The molecule has 0 spiro atoms. The Labute approximate surface area is 228 Å². The van der Waals surface area contributed by atoms with Gasteiger partial charge in [-0.1, -0.05) is 29.5 Å². The summed E-state index contributed by atoms with van der Waals surface area (Å²) in [6, 6.07) is 6.51. The largest absolute Gasteiger partial charge is 0.496 e. The number of carbonyl (C=O) groups excluding carboxylic acids is 2. The van der Waals surface area contributed by atoms with E-state index in [2.05, 4.69) is 10.3 Å². The summed E-state index contributed by atoms with van der Waals surface area (Å²) in [6.07, 6.45) is 2.13. The third-order valence-electron chi connectivity index (χ3n) is 7.54. The Hall–Kier alpha value is -3.58. The zero-order valence-electron chi connectivity index (χ0n) is 22.1. The van der Waals surface area contributed by atoms with Crippen LogP contribution in [0.4, 0.5) is 9.80 Å². The number of thiophene rings is 1. The topological polar surface area (TPSA) is 137 Å². The molecule has 2 aromatic heterocycles. The van der Waals surface area contributed by atoms with Gasteiger partial charge in [-0.2, -0.15) is 4.48 Å². The summed E-state index contributed by atoms with van der Waals surface area (Å²) in [5.74, 6) is -0.821. The lowest BCUT2D eigenvalue weighted by Gasteiger charge is -2.46. The molecule has 0 saturated carbocycles. The van der Waals surface area contributed by atoms with E-state index in [0.717, 1.165) is 11.3 Å². The molecule has 1 fully saturated rings. The van der Waals surface area contributed by atoms with Crippen LogP contribution in [0.2, 0.25) is 0 Å². The van der Waals surface area contributed by atoms with Gasteiger partial charge in [-0.3, -0.25) is 4.79 Å². The van der Waals surface area contributed by atoms with Crippen molar-refractivity contribution in [3.8, 4) is 16.5 Å². The van der Waals surface area contributed by atoms with Crippen molar-refractivity contribution in [2.45, 2.75) is 32.4 Å². The van der Waals surface area contributed by atoms with E-state index < -0.39 is 34.0 Å². The molecule has 0 aliphatic carbocycles. The van der Waals surface area contributed by atoms with E-state index in [0.29, 0.717) is 41.6 Å². The Morgan fingerprint density at radius 2 is 2.05 bits per heavy atom. The van der Waals surface area contributed by atoms with Gasteiger partial charge in [0.1, 0.15) is 30.2 Å². The number of carboxylic acid groups (broad SMARTS) is 1. The Kier molecular flexibility index (Phi) is 7.06. The molecule has 39 heavy (non-hydrogen) atoms. The fourth-order valence-corrected chi connectivity index (χ4v) is 6.57. The number of hydrogen-bond acceptors (Lipinski definition) is 9. The number of urea groups is 1. The van der Waals surface area contributed by atoms with Gasteiger partial charge in [0.15, 0.2) is 0 Å². The van der Waals surface area contributed by atoms with Gasteiger partial charge < -0.3 is 23.7 Å². The first-order chi connectivity index (χ1) is 18.6. The molecule has 4 heterocycles. The fourth-order valence-electron chi connectivity index (χ4n) is 5.04. The number of carboxylic acids is 1. The first-order valence-electron chi connectivity index (χ1n) is 12.4. The maximum atomic E-state index is 14.0. The Morgan fingerprint density at radius 3 is 2.67 bits per heavy atom. The molecule has 2 atom stereocenters. The van der Waals surface area contributed by atoms with E-state index in [-0.39, 0.29) is 28.9 Å². The second kappa shape index (κ2) is 10.2. The minimum Gasteiger partial charge on any atom is -0.496 e. The van der Waals surface area contributed by atoms with Crippen molar-refractivity contribution in [3.63, 3.8) is 0 Å². The van der Waals surface area contributed by atoms with Crippen LogP contribution in [-0.4, -0.2) is 67.0 Å². The number of carbonyl (C=O) groups is 3. The van der Waals surface area contributed by atoms with Gasteiger partial charge in [0.2, 0.25) is 16.4 Å². The SMILES string of the molecule is COc1ccccc1C(C[N@@+]1(C(C)(C)C(=O)O)C(=O)NC(=O)c2c1sc(-c1ncco1)c2C)OCC1COC1. The molecule has 1 aromatic carbocycles. The van der Waals surface area contributed by atoms with Gasteiger partial charge in [-0.05, 0) is 18.6 Å². The number of aromatic nitrogens is 1. The molecule has 2 aliphatic rings. The highest BCUT2D eigenvalue weighted by Crippen LogP contribution is 2.51. The van der Waals surface area contributed by atoms with Crippen molar-refractivity contribution < 1.29 is 38.1 Å². The van der Waals surface area contributed by atoms with E-state index >= 15 is 0 Å². The number of aliphatic carboxylic acids is 1. The number of amides is 3. The van der Waals surface area contributed by atoms with Crippen LogP contribution in [0.1, 0.15) is 41.4 Å². The van der Waals surface area contributed by atoms with E-state index in [1.165, 1.54) is 33.4 Å². The van der Waals surface area contributed by atoms with Crippen molar-refractivity contribution >= 4 is 34.2 Å².